The molecule has 0 atom stereocenters. The van der Waals surface area contributed by atoms with Gasteiger partial charge in [-0.15, -0.1) is 0 Å². The van der Waals surface area contributed by atoms with Crippen molar-refractivity contribution in [3.05, 3.63) is 72.1 Å². The average molecular weight is 340 g/mol. The molecule has 2 N–H and O–H groups in total. The predicted octanol–water partition coefficient (Wildman–Crippen LogP) is 4.44. The number of hydrogen-bond acceptors (Lipinski definition) is 5. The third-order valence-electron chi connectivity index (χ3n) is 3.40. The fraction of sp³-hybridized carbons (Fsp3) is 0.0556. The monoisotopic (exact) mass is 340 g/mol. The topological polar surface area (TPSA) is 66.9 Å². The first-order valence-corrected chi connectivity index (χ1v) is 7.43. The Kier molecular flexibility index (Phi) is 4.65. The van der Waals surface area contributed by atoms with Crippen LogP contribution in [-0.2, 0) is 0 Å². The van der Waals surface area contributed by atoms with Crippen LogP contribution in [0.15, 0.2) is 54.9 Å². The van der Waals surface area contributed by atoms with E-state index >= 15 is 0 Å². The molecule has 2 aromatic carbocycles. The molecule has 0 aliphatic carbocycles. The van der Waals surface area contributed by atoms with Crippen molar-refractivity contribution in [3.8, 4) is 0 Å². The molecule has 0 bridgehead atoms. The van der Waals surface area contributed by atoms with Crippen molar-refractivity contribution in [2.24, 2.45) is 0 Å². The summed E-state index contributed by atoms with van der Waals surface area (Å²) in [6, 6.07) is 11.8. The third-order valence-corrected chi connectivity index (χ3v) is 3.40. The van der Waals surface area contributed by atoms with Gasteiger partial charge in [0.25, 0.3) is 0 Å². The Hall–Kier alpha value is -3.35. The third kappa shape index (κ3) is 4.14. The summed E-state index contributed by atoms with van der Waals surface area (Å²) in [4.78, 5) is 19.5. The first-order chi connectivity index (χ1) is 12.0. The number of benzene rings is 2. The SMILES string of the molecule is CC(=O)c1cccc(Nc2cc(Nc3ccc(F)cc3F)ncn2)c1. The number of halogens is 2. The van der Waals surface area contributed by atoms with Gasteiger partial charge in [-0.1, -0.05) is 12.1 Å². The van der Waals surface area contributed by atoms with Crippen molar-refractivity contribution in [2.75, 3.05) is 10.6 Å². The fourth-order valence-electron chi connectivity index (χ4n) is 2.19. The van der Waals surface area contributed by atoms with Gasteiger partial charge in [-0.2, -0.15) is 0 Å². The van der Waals surface area contributed by atoms with Gasteiger partial charge >= 0.3 is 0 Å². The van der Waals surface area contributed by atoms with Gasteiger partial charge < -0.3 is 10.6 Å². The summed E-state index contributed by atoms with van der Waals surface area (Å²) >= 11 is 0. The lowest BCUT2D eigenvalue weighted by Crippen LogP contribution is -2.00. The van der Waals surface area contributed by atoms with Crippen molar-refractivity contribution < 1.29 is 13.6 Å². The maximum atomic E-state index is 13.7. The Balaban J connectivity index is 1.79. The van der Waals surface area contributed by atoms with E-state index in [1.807, 2.05) is 0 Å². The summed E-state index contributed by atoms with van der Waals surface area (Å²) in [5.41, 5.74) is 1.36. The minimum absolute atomic E-state index is 0.0412. The van der Waals surface area contributed by atoms with Crippen LogP contribution in [0.25, 0.3) is 0 Å². The van der Waals surface area contributed by atoms with Crippen molar-refractivity contribution in [1.82, 2.24) is 9.97 Å². The summed E-state index contributed by atoms with van der Waals surface area (Å²) in [6.07, 6.45) is 1.31. The molecule has 0 fully saturated rings. The molecule has 0 amide bonds. The van der Waals surface area contributed by atoms with E-state index in [-0.39, 0.29) is 11.5 Å². The van der Waals surface area contributed by atoms with E-state index in [2.05, 4.69) is 20.6 Å². The molecule has 0 unspecified atom stereocenters. The molecule has 126 valence electrons. The van der Waals surface area contributed by atoms with Gasteiger partial charge in [0, 0.05) is 23.4 Å². The van der Waals surface area contributed by atoms with Crippen LogP contribution in [0.3, 0.4) is 0 Å². The lowest BCUT2D eigenvalue weighted by molar-refractivity contribution is 0.101. The van der Waals surface area contributed by atoms with Gasteiger partial charge in [0.05, 0.1) is 5.69 Å². The van der Waals surface area contributed by atoms with Crippen molar-refractivity contribution >= 4 is 28.8 Å². The second-order valence-corrected chi connectivity index (χ2v) is 5.30. The van der Waals surface area contributed by atoms with E-state index in [4.69, 9.17) is 0 Å². The number of carbonyl (C=O) groups is 1. The number of nitrogens with zero attached hydrogens (tertiary/aromatic N) is 2. The van der Waals surface area contributed by atoms with Crippen LogP contribution in [0, 0.1) is 11.6 Å². The van der Waals surface area contributed by atoms with E-state index in [9.17, 15) is 13.6 Å². The molecule has 0 saturated carbocycles. The van der Waals surface area contributed by atoms with Gasteiger partial charge in [0.1, 0.15) is 29.6 Å². The summed E-state index contributed by atoms with van der Waals surface area (Å²) in [7, 11) is 0. The number of carbonyl (C=O) groups excluding carboxylic acids is 1. The largest absolute Gasteiger partial charge is 0.340 e. The Morgan fingerprint density at radius 3 is 2.44 bits per heavy atom. The fourth-order valence-corrected chi connectivity index (χ4v) is 2.19. The van der Waals surface area contributed by atoms with E-state index in [0.29, 0.717) is 22.9 Å². The van der Waals surface area contributed by atoms with Crippen molar-refractivity contribution in [1.29, 1.82) is 0 Å². The van der Waals surface area contributed by atoms with Crippen LogP contribution in [0.1, 0.15) is 17.3 Å². The summed E-state index contributed by atoms with van der Waals surface area (Å²) in [5, 5.41) is 5.82. The van der Waals surface area contributed by atoms with Gasteiger partial charge in [-0.05, 0) is 31.2 Å². The highest BCUT2D eigenvalue weighted by Crippen LogP contribution is 2.22. The number of rotatable bonds is 5. The number of Topliss-reactive ketones (excluding diaryl/α,β-unsaturated/α-hetero) is 1. The minimum Gasteiger partial charge on any atom is -0.340 e. The maximum absolute atomic E-state index is 13.7. The van der Waals surface area contributed by atoms with Crippen LogP contribution in [0.2, 0.25) is 0 Å². The number of hydrogen-bond donors (Lipinski definition) is 2. The van der Waals surface area contributed by atoms with E-state index < -0.39 is 11.6 Å². The highest BCUT2D eigenvalue weighted by Gasteiger charge is 2.06. The molecular weight excluding hydrogens is 326 g/mol. The van der Waals surface area contributed by atoms with E-state index in [1.165, 1.54) is 19.3 Å². The lowest BCUT2D eigenvalue weighted by Gasteiger charge is -2.10. The number of aromatic nitrogens is 2. The summed E-state index contributed by atoms with van der Waals surface area (Å²) < 4.78 is 26.7. The highest BCUT2D eigenvalue weighted by atomic mass is 19.1. The number of anilines is 4. The Morgan fingerprint density at radius 1 is 0.960 bits per heavy atom. The van der Waals surface area contributed by atoms with Gasteiger partial charge in [-0.25, -0.2) is 18.7 Å². The smallest absolute Gasteiger partial charge is 0.159 e. The summed E-state index contributed by atoms with van der Waals surface area (Å²) in [6.45, 7) is 1.49. The molecule has 0 saturated heterocycles. The van der Waals surface area contributed by atoms with Crippen LogP contribution < -0.4 is 10.6 Å². The zero-order chi connectivity index (χ0) is 17.8. The molecule has 25 heavy (non-hydrogen) atoms. The van der Waals surface area contributed by atoms with Crippen LogP contribution in [0.4, 0.5) is 31.8 Å². The maximum Gasteiger partial charge on any atom is 0.159 e. The summed E-state index contributed by atoms with van der Waals surface area (Å²) in [5.74, 6) is -0.618. The van der Waals surface area contributed by atoms with Gasteiger partial charge in [0.2, 0.25) is 0 Å². The lowest BCUT2D eigenvalue weighted by atomic mass is 10.1. The minimum atomic E-state index is -0.720. The van der Waals surface area contributed by atoms with Crippen LogP contribution >= 0.6 is 0 Å². The standard InChI is InChI=1S/C18H14F2N4O/c1-11(25)12-3-2-4-14(7-12)23-17-9-18(22-10-21-17)24-16-6-5-13(19)8-15(16)20/h2-10H,1H3,(H2,21,22,23,24). The predicted molar refractivity (Wildman–Crippen MR) is 91.4 cm³/mol. The molecule has 1 aromatic heterocycles. The number of nitrogens with one attached hydrogen (secondary N) is 2. The molecule has 0 spiro atoms. The molecule has 5 nitrogen and oxygen atoms in total. The first-order valence-electron chi connectivity index (χ1n) is 7.43. The zero-order valence-electron chi connectivity index (χ0n) is 13.3. The highest BCUT2D eigenvalue weighted by molar-refractivity contribution is 5.95. The quantitative estimate of drug-likeness (QED) is 0.672. The molecule has 3 rings (SSSR count). The first kappa shape index (κ1) is 16.5. The molecule has 0 aliphatic rings. The van der Waals surface area contributed by atoms with Crippen LogP contribution in [0.5, 0.6) is 0 Å². The second-order valence-electron chi connectivity index (χ2n) is 5.30. The number of ketones is 1. The Morgan fingerprint density at radius 2 is 1.72 bits per heavy atom. The second kappa shape index (κ2) is 7.04. The van der Waals surface area contributed by atoms with Crippen molar-refractivity contribution in [3.63, 3.8) is 0 Å². The molecule has 0 aliphatic heterocycles. The zero-order valence-corrected chi connectivity index (χ0v) is 13.3. The Bertz CT molecular complexity index is 930. The van der Waals surface area contributed by atoms with Gasteiger partial charge in [0.15, 0.2) is 5.78 Å². The van der Waals surface area contributed by atoms with E-state index in [0.717, 1.165) is 12.1 Å². The molecule has 0 radical (unpaired) electrons. The van der Waals surface area contributed by atoms with Gasteiger partial charge in [-0.3, -0.25) is 4.79 Å². The van der Waals surface area contributed by atoms with Crippen molar-refractivity contribution in [2.45, 2.75) is 6.92 Å². The molecule has 1 heterocycles. The molecular formula is C18H14F2N4O. The molecule has 3 aromatic rings. The molecule has 7 heteroatoms. The Labute approximate surface area is 142 Å². The van der Waals surface area contributed by atoms with Crippen LogP contribution in [-0.4, -0.2) is 15.8 Å². The normalized spacial score (nSPS) is 10.4. The van der Waals surface area contributed by atoms with E-state index in [1.54, 1.807) is 30.3 Å². The average Bonchev–Trinajstić information content (AvgIpc) is 2.58.